The number of rotatable bonds is 10. The first-order valence-electron chi connectivity index (χ1n) is 17.0. The van der Waals surface area contributed by atoms with E-state index in [9.17, 15) is 19.2 Å². The summed E-state index contributed by atoms with van der Waals surface area (Å²) in [5.41, 5.74) is 2.40. The standard InChI is InChI=1S/C37H52N4O8/c1-10-21(2)32(35(44)41-17-15-24(16-18-41)39-36(45)49-37(4,5)6)40-28-14-12-25-26(20-29(28)43)27(38-22(3)42)13-11-23-19-30(46-7)33(47-8)34(48-9)31(23)25/h12,14,19-21,24,27,32H,10-11,13,15-18H2,1-9H3,(H,38,42)(H,39,45)(H,40,43)/t21-,27+,32+/m0/s1. The fraction of sp³-hybridized carbons (Fsp3) is 0.568. The van der Waals surface area contributed by atoms with Gasteiger partial charge in [-0.1, -0.05) is 26.3 Å². The van der Waals surface area contributed by atoms with Gasteiger partial charge in [0, 0.05) is 31.6 Å². The van der Waals surface area contributed by atoms with Gasteiger partial charge in [0.15, 0.2) is 11.5 Å². The van der Waals surface area contributed by atoms with E-state index in [0.29, 0.717) is 73.6 Å². The maximum atomic E-state index is 14.0. The number of fused-ring (bicyclic) bond motifs is 3. The minimum absolute atomic E-state index is 0.0856. The van der Waals surface area contributed by atoms with E-state index < -0.39 is 23.8 Å². The van der Waals surface area contributed by atoms with Gasteiger partial charge < -0.3 is 39.8 Å². The molecule has 3 atom stereocenters. The number of nitrogens with one attached hydrogen (secondary N) is 3. The number of likely N-dealkylation sites (tertiary alicyclic amines) is 1. The van der Waals surface area contributed by atoms with E-state index in [0.717, 1.165) is 11.1 Å². The van der Waals surface area contributed by atoms with Gasteiger partial charge in [0.1, 0.15) is 11.6 Å². The van der Waals surface area contributed by atoms with Gasteiger partial charge >= 0.3 is 6.09 Å². The lowest BCUT2D eigenvalue weighted by Crippen LogP contribution is -2.52. The molecule has 12 nitrogen and oxygen atoms in total. The molecule has 1 aliphatic heterocycles. The monoisotopic (exact) mass is 680 g/mol. The minimum atomic E-state index is -0.660. The summed E-state index contributed by atoms with van der Waals surface area (Å²) in [6.07, 6.45) is 2.56. The number of nitrogens with zero attached hydrogens (tertiary/aromatic N) is 1. The number of alkyl carbamates (subject to hydrolysis) is 1. The molecule has 2 aromatic rings. The van der Waals surface area contributed by atoms with Gasteiger partial charge in [-0.2, -0.15) is 0 Å². The highest BCUT2D eigenvalue weighted by atomic mass is 16.6. The Labute approximate surface area is 289 Å². The lowest BCUT2D eigenvalue weighted by Gasteiger charge is -2.36. The van der Waals surface area contributed by atoms with E-state index in [1.807, 2.05) is 46.8 Å². The third-order valence-electron chi connectivity index (χ3n) is 9.23. The highest BCUT2D eigenvalue weighted by Crippen LogP contribution is 2.50. The summed E-state index contributed by atoms with van der Waals surface area (Å²) < 4.78 is 22.6. The van der Waals surface area contributed by atoms with E-state index in [4.69, 9.17) is 18.9 Å². The van der Waals surface area contributed by atoms with Crippen molar-refractivity contribution in [1.82, 2.24) is 15.5 Å². The summed E-state index contributed by atoms with van der Waals surface area (Å²) in [6, 6.07) is 5.81. The predicted molar refractivity (Wildman–Crippen MR) is 189 cm³/mol. The van der Waals surface area contributed by atoms with Crippen molar-refractivity contribution in [1.29, 1.82) is 0 Å². The average molecular weight is 681 g/mol. The number of aryl methyl sites for hydroxylation is 1. The molecule has 3 amide bonds. The van der Waals surface area contributed by atoms with Crippen molar-refractivity contribution in [3.63, 3.8) is 0 Å². The van der Waals surface area contributed by atoms with E-state index in [1.54, 1.807) is 38.4 Å². The number of methoxy groups -OCH3 is 3. The first-order chi connectivity index (χ1) is 23.2. The van der Waals surface area contributed by atoms with Crippen molar-refractivity contribution in [2.45, 2.75) is 97.4 Å². The Morgan fingerprint density at radius 2 is 1.63 bits per heavy atom. The van der Waals surface area contributed by atoms with Crippen molar-refractivity contribution >= 4 is 23.6 Å². The molecule has 1 aliphatic carbocycles. The number of hydrogen-bond acceptors (Lipinski definition) is 9. The molecule has 0 unspecified atom stereocenters. The van der Waals surface area contributed by atoms with Gasteiger partial charge in [0.05, 0.1) is 33.1 Å². The summed E-state index contributed by atoms with van der Waals surface area (Å²) in [5.74, 6) is 1.01. The van der Waals surface area contributed by atoms with Gasteiger partial charge in [-0.25, -0.2) is 4.79 Å². The van der Waals surface area contributed by atoms with Crippen LogP contribution in [0, 0.1) is 5.92 Å². The highest BCUT2D eigenvalue weighted by molar-refractivity contribution is 5.86. The van der Waals surface area contributed by atoms with E-state index >= 15 is 0 Å². The first kappa shape index (κ1) is 37.3. The predicted octanol–water partition coefficient (Wildman–Crippen LogP) is 5.21. The minimum Gasteiger partial charge on any atom is -0.493 e. The molecule has 4 rings (SSSR count). The zero-order chi connectivity index (χ0) is 36.0. The van der Waals surface area contributed by atoms with Crippen molar-refractivity contribution in [2.24, 2.45) is 5.92 Å². The number of piperidine rings is 1. The molecule has 1 fully saturated rings. The van der Waals surface area contributed by atoms with Crippen molar-refractivity contribution in [3.8, 4) is 28.4 Å². The molecule has 2 aromatic carbocycles. The second kappa shape index (κ2) is 15.8. The smallest absolute Gasteiger partial charge is 0.407 e. The number of amides is 3. The Morgan fingerprint density at radius 1 is 0.959 bits per heavy atom. The van der Waals surface area contributed by atoms with E-state index in [1.165, 1.54) is 6.92 Å². The van der Waals surface area contributed by atoms with Crippen LogP contribution in [0.25, 0.3) is 11.1 Å². The zero-order valence-corrected chi connectivity index (χ0v) is 30.3. The number of anilines is 1. The average Bonchev–Trinajstić information content (AvgIpc) is 3.29. The molecule has 0 saturated carbocycles. The quantitative estimate of drug-likeness (QED) is 0.308. The first-order valence-corrected chi connectivity index (χ1v) is 17.0. The van der Waals surface area contributed by atoms with E-state index in [-0.39, 0.29) is 34.9 Å². The lowest BCUT2D eigenvalue weighted by molar-refractivity contribution is -0.134. The van der Waals surface area contributed by atoms with Gasteiger partial charge in [0.2, 0.25) is 23.0 Å². The Hall–Kier alpha value is -4.48. The van der Waals surface area contributed by atoms with Crippen LogP contribution in [0.2, 0.25) is 0 Å². The van der Waals surface area contributed by atoms with Crippen LogP contribution < -0.4 is 35.6 Å². The molecule has 0 bridgehead atoms. The molecule has 1 saturated heterocycles. The van der Waals surface area contributed by atoms with E-state index in [2.05, 4.69) is 16.0 Å². The molecule has 0 spiro atoms. The largest absolute Gasteiger partial charge is 0.493 e. The second-order valence-electron chi connectivity index (χ2n) is 13.8. The molecule has 2 aliphatic rings. The molecule has 0 aromatic heterocycles. The molecular formula is C37H52N4O8. The summed E-state index contributed by atoms with van der Waals surface area (Å²) in [5, 5.41) is 9.26. The Morgan fingerprint density at radius 3 is 2.20 bits per heavy atom. The summed E-state index contributed by atoms with van der Waals surface area (Å²) in [6.45, 7) is 11.8. The maximum absolute atomic E-state index is 14.0. The summed E-state index contributed by atoms with van der Waals surface area (Å²) in [4.78, 5) is 54.4. The molecule has 268 valence electrons. The third kappa shape index (κ3) is 8.76. The van der Waals surface area contributed by atoms with Gasteiger partial charge in [-0.3, -0.25) is 14.4 Å². The normalized spacial score (nSPS) is 17.3. The van der Waals surface area contributed by atoms with Crippen LogP contribution in [0.3, 0.4) is 0 Å². The Balaban J connectivity index is 1.69. The van der Waals surface area contributed by atoms with Gasteiger partial charge in [-0.05, 0) is 87.3 Å². The third-order valence-corrected chi connectivity index (χ3v) is 9.23. The van der Waals surface area contributed by atoms with Crippen LogP contribution >= 0.6 is 0 Å². The summed E-state index contributed by atoms with van der Waals surface area (Å²) >= 11 is 0. The number of carbonyl (C=O) groups is 3. The van der Waals surface area contributed by atoms with Gasteiger partial charge in [-0.15, -0.1) is 0 Å². The van der Waals surface area contributed by atoms with Crippen LogP contribution in [-0.2, 0) is 20.7 Å². The van der Waals surface area contributed by atoms with Crippen LogP contribution in [0.1, 0.15) is 84.4 Å². The molecule has 0 radical (unpaired) electrons. The van der Waals surface area contributed by atoms with Crippen LogP contribution in [0.4, 0.5) is 10.5 Å². The Kier molecular flexibility index (Phi) is 12.1. The fourth-order valence-corrected chi connectivity index (χ4v) is 6.59. The van der Waals surface area contributed by atoms with Crippen LogP contribution in [0.5, 0.6) is 17.2 Å². The zero-order valence-electron chi connectivity index (χ0n) is 30.3. The Bertz CT molecular complexity index is 1600. The highest BCUT2D eigenvalue weighted by Gasteiger charge is 2.34. The van der Waals surface area contributed by atoms with Gasteiger partial charge in [0.25, 0.3) is 0 Å². The number of hydrogen-bond donors (Lipinski definition) is 3. The number of benzene rings is 1. The van der Waals surface area contributed by atoms with Crippen LogP contribution in [0.15, 0.2) is 29.1 Å². The fourth-order valence-electron chi connectivity index (χ4n) is 6.59. The molecule has 3 N–H and O–H groups in total. The van der Waals surface area contributed by atoms with Crippen molar-refractivity contribution in [2.75, 3.05) is 39.7 Å². The number of carbonyl (C=O) groups excluding carboxylic acids is 3. The molecule has 12 heteroatoms. The van der Waals surface area contributed by atoms with Crippen molar-refractivity contribution in [3.05, 3.63) is 45.6 Å². The van der Waals surface area contributed by atoms with Crippen molar-refractivity contribution < 1.29 is 33.3 Å². The second-order valence-corrected chi connectivity index (χ2v) is 13.8. The molecular weight excluding hydrogens is 628 g/mol. The SMILES string of the molecule is CC[C@H](C)[C@@H](Nc1ccc2c(cc1=O)[C@H](NC(C)=O)CCc1cc(OC)c(OC)c(OC)c1-2)C(=O)N1CCC(NC(=O)OC(C)(C)C)CC1. The topological polar surface area (TPSA) is 145 Å². The number of ether oxygens (including phenoxy) is 4. The summed E-state index contributed by atoms with van der Waals surface area (Å²) in [7, 11) is 4.66. The maximum Gasteiger partial charge on any atom is 0.407 e. The van der Waals surface area contributed by atoms with Crippen LogP contribution in [-0.4, -0.2) is 74.9 Å². The molecule has 1 heterocycles. The lowest BCUT2D eigenvalue weighted by atomic mass is 9.95. The molecule has 49 heavy (non-hydrogen) atoms.